The molecular weight excluding hydrogens is 644 g/mol. The molecule has 1 N–H and O–H groups in total. The molecule has 0 amide bonds. The van der Waals surface area contributed by atoms with E-state index in [4.69, 9.17) is 18.1 Å². The standard InChI is InChI=1S/C24H17N5O14P2/c30-26(31)17-1-9-21(10-2-17)40-44(38,41-22-11-3-18(4-12-22)27(32)33)25-45(39,42-23-13-5-19(6-14-23)28(34)35)43-24-15-7-20(8-16-24)29(36)37/h1-16,38H. The summed E-state index contributed by atoms with van der Waals surface area (Å²) in [4.78, 5) is 52.9. The van der Waals surface area contributed by atoms with Crippen molar-refractivity contribution in [3.05, 3.63) is 138 Å². The molecule has 4 aromatic carbocycles. The molecule has 0 aliphatic rings. The maximum absolute atomic E-state index is 14.1. The van der Waals surface area contributed by atoms with E-state index in [1.54, 1.807) is 0 Å². The predicted molar refractivity (Wildman–Crippen MR) is 154 cm³/mol. The molecule has 0 saturated carbocycles. The smallest absolute Gasteiger partial charge is 0.410 e. The fourth-order valence-corrected chi connectivity index (χ4v) is 6.64. The van der Waals surface area contributed by atoms with Gasteiger partial charge in [-0.2, -0.15) is 0 Å². The number of hydrogen-bond acceptors (Lipinski definition) is 13. The number of nitro groups is 4. The third-order valence-electron chi connectivity index (χ3n) is 5.30. The van der Waals surface area contributed by atoms with Gasteiger partial charge in [0, 0.05) is 48.5 Å². The summed E-state index contributed by atoms with van der Waals surface area (Å²) in [6.45, 7) is 0. The lowest BCUT2D eigenvalue weighted by atomic mass is 10.3. The van der Waals surface area contributed by atoms with Crippen LogP contribution in [0.25, 0.3) is 0 Å². The van der Waals surface area contributed by atoms with Gasteiger partial charge in [-0.3, -0.25) is 45.4 Å². The Hall–Kier alpha value is -5.90. The van der Waals surface area contributed by atoms with Gasteiger partial charge in [-0.15, -0.1) is 0 Å². The van der Waals surface area contributed by atoms with E-state index in [0.717, 1.165) is 97.1 Å². The van der Waals surface area contributed by atoms with Crippen LogP contribution in [0.4, 0.5) is 22.7 Å². The van der Waals surface area contributed by atoms with Gasteiger partial charge in [0.05, 0.1) is 19.7 Å². The second-order valence-electron chi connectivity index (χ2n) is 8.42. The van der Waals surface area contributed by atoms with E-state index in [1.807, 2.05) is 0 Å². The van der Waals surface area contributed by atoms with Crippen LogP contribution in [0.2, 0.25) is 0 Å². The molecule has 4 aromatic rings. The van der Waals surface area contributed by atoms with Crippen LogP contribution < -0.4 is 18.1 Å². The third-order valence-corrected chi connectivity index (χ3v) is 8.86. The Balaban J connectivity index is 1.81. The fourth-order valence-electron chi connectivity index (χ4n) is 3.30. The van der Waals surface area contributed by atoms with Crippen molar-refractivity contribution >= 4 is 38.2 Å². The van der Waals surface area contributed by atoms with Gasteiger partial charge < -0.3 is 18.1 Å². The monoisotopic (exact) mass is 661 g/mol. The molecule has 4 rings (SSSR count). The van der Waals surface area contributed by atoms with Crippen molar-refractivity contribution in [1.82, 2.24) is 0 Å². The summed E-state index contributed by atoms with van der Waals surface area (Å²) in [6.07, 6.45) is 0. The highest BCUT2D eigenvalue weighted by atomic mass is 31.2. The van der Waals surface area contributed by atoms with Crippen molar-refractivity contribution < 1.29 is 47.2 Å². The van der Waals surface area contributed by atoms with E-state index < -0.39 is 35.2 Å². The average Bonchev–Trinajstić information content (AvgIpc) is 2.97. The zero-order valence-electron chi connectivity index (χ0n) is 22.1. The van der Waals surface area contributed by atoms with Crippen LogP contribution in [0.3, 0.4) is 0 Å². The number of rotatable bonds is 13. The molecule has 0 fully saturated rings. The molecule has 19 nitrogen and oxygen atoms in total. The average molecular weight is 661 g/mol. The normalized spacial score (nSPS) is 11.1. The number of nitro benzene ring substituents is 4. The highest BCUT2D eigenvalue weighted by molar-refractivity contribution is 7.64. The third kappa shape index (κ3) is 8.57. The van der Waals surface area contributed by atoms with Crippen molar-refractivity contribution in [2.45, 2.75) is 0 Å². The summed E-state index contributed by atoms with van der Waals surface area (Å²) in [5.74, 6) is -1.13. The highest BCUT2D eigenvalue weighted by Crippen LogP contribution is 2.61. The molecule has 0 bridgehead atoms. The molecule has 0 unspecified atom stereocenters. The Labute approximate surface area is 250 Å². The van der Waals surface area contributed by atoms with E-state index in [9.17, 15) is 49.9 Å². The zero-order chi connectivity index (χ0) is 32.8. The number of nitrogens with zero attached hydrogens (tertiary/aromatic N) is 5. The largest absolute Gasteiger partial charge is 0.569 e. The molecular formula is C24H17N5O14P2. The van der Waals surface area contributed by atoms with Crippen LogP contribution in [0.15, 0.2) is 102 Å². The maximum Gasteiger partial charge on any atom is 0.569 e. The first-order valence-corrected chi connectivity index (χ1v) is 15.0. The van der Waals surface area contributed by atoms with E-state index in [2.05, 4.69) is 4.52 Å². The Bertz CT molecular complexity index is 1720. The first-order chi connectivity index (χ1) is 21.2. The van der Waals surface area contributed by atoms with Gasteiger partial charge in [0.25, 0.3) is 22.7 Å². The second kappa shape index (κ2) is 13.2. The van der Waals surface area contributed by atoms with Crippen LogP contribution in [0, 0.1) is 40.5 Å². The van der Waals surface area contributed by atoms with Crippen molar-refractivity contribution in [3.63, 3.8) is 0 Å². The minimum atomic E-state index is -5.07. The fraction of sp³-hybridized carbons (Fsp3) is 0. The molecule has 232 valence electrons. The van der Waals surface area contributed by atoms with Crippen molar-refractivity contribution in [3.8, 4) is 23.0 Å². The Morgan fingerprint density at radius 2 is 0.689 bits per heavy atom. The van der Waals surface area contributed by atoms with Crippen LogP contribution >= 0.6 is 15.5 Å². The molecule has 0 aliphatic carbocycles. The minimum absolute atomic E-state index is 0.265. The predicted octanol–water partition coefficient (Wildman–Crippen LogP) is 6.98. The lowest BCUT2D eigenvalue weighted by Gasteiger charge is -2.22. The molecule has 0 heterocycles. The van der Waals surface area contributed by atoms with Crippen LogP contribution in [-0.4, -0.2) is 24.6 Å². The Kier molecular flexibility index (Phi) is 9.37. The van der Waals surface area contributed by atoms with E-state index >= 15 is 0 Å². The molecule has 0 spiro atoms. The van der Waals surface area contributed by atoms with Crippen molar-refractivity contribution in [2.75, 3.05) is 0 Å². The summed E-state index contributed by atoms with van der Waals surface area (Å²) in [7, 11) is -9.95. The lowest BCUT2D eigenvalue weighted by Crippen LogP contribution is -2.05. The molecule has 0 aromatic heterocycles. The van der Waals surface area contributed by atoms with Gasteiger partial charge >= 0.3 is 15.5 Å². The maximum atomic E-state index is 14.1. The number of hydrogen-bond donors (Lipinski definition) is 1. The summed E-state index contributed by atoms with van der Waals surface area (Å²) in [5, 5.41) is 44.2. The molecule has 0 radical (unpaired) electrons. The zero-order valence-corrected chi connectivity index (χ0v) is 23.9. The van der Waals surface area contributed by atoms with Crippen LogP contribution in [0.1, 0.15) is 0 Å². The van der Waals surface area contributed by atoms with Crippen LogP contribution in [0.5, 0.6) is 23.0 Å². The first kappa shape index (κ1) is 32.0. The number of benzene rings is 4. The molecule has 0 saturated heterocycles. The van der Waals surface area contributed by atoms with Crippen molar-refractivity contribution in [1.29, 1.82) is 0 Å². The van der Waals surface area contributed by atoms with Crippen molar-refractivity contribution in [2.24, 2.45) is 4.52 Å². The summed E-state index contributed by atoms with van der Waals surface area (Å²) in [6, 6.07) is 16.6. The molecule has 45 heavy (non-hydrogen) atoms. The summed E-state index contributed by atoms with van der Waals surface area (Å²) >= 11 is 0. The minimum Gasteiger partial charge on any atom is -0.410 e. The quantitative estimate of drug-likeness (QED) is 0.0860. The summed E-state index contributed by atoms with van der Waals surface area (Å²) in [5.41, 5.74) is -1.38. The van der Waals surface area contributed by atoms with E-state index in [-0.39, 0.29) is 45.7 Å². The molecule has 0 aliphatic heterocycles. The summed E-state index contributed by atoms with van der Waals surface area (Å²) < 4.78 is 39.7. The van der Waals surface area contributed by atoms with Crippen LogP contribution in [-0.2, 0) is 4.57 Å². The first-order valence-electron chi connectivity index (χ1n) is 12.0. The molecule has 21 heteroatoms. The Morgan fingerprint density at radius 3 is 0.911 bits per heavy atom. The van der Waals surface area contributed by atoms with Gasteiger partial charge in [-0.25, -0.2) is 4.57 Å². The SMILES string of the molecule is O=[N+]([O-])c1ccc(OP(=O)(N=P(O)(Oc2ccc([N+](=O)[O-])cc2)Oc2ccc([N+](=O)[O-])cc2)Oc2ccc([N+](=O)[O-])cc2)cc1. The van der Waals surface area contributed by atoms with Gasteiger partial charge in [0.2, 0.25) is 0 Å². The van der Waals surface area contributed by atoms with Gasteiger partial charge in [-0.1, -0.05) is 4.52 Å². The topological polar surface area (TPSA) is 259 Å². The number of non-ortho nitro benzene ring substituents is 4. The lowest BCUT2D eigenvalue weighted by molar-refractivity contribution is -0.385. The van der Waals surface area contributed by atoms with E-state index in [0.29, 0.717) is 0 Å². The van der Waals surface area contributed by atoms with Gasteiger partial charge in [-0.05, 0) is 48.5 Å². The molecule has 0 atom stereocenters. The second-order valence-corrected chi connectivity index (χ2v) is 11.8. The van der Waals surface area contributed by atoms with Gasteiger partial charge in [0.15, 0.2) is 0 Å². The van der Waals surface area contributed by atoms with Gasteiger partial charge in [0.1, 0.15) is 23.0 Å². The van der Waals surface area contributed by atoms with E-state index in [1.165, 1.54) is 0 Å². The Morgan fingerprint density at radius 1 is 0.467 bits per heavy atom. The highest BCUT2D eigenvalue weighted by Gasteiger charge is 2.38.